The number of nitrogens with two attached hydrogens (primary N) is 1. The Morgan fingerprint density at radius 1 is 1.05 bits per heavy atom. The molecular weight excluding hydrogens is 242 g/mol. The van der Waals surface area contributed by atoms with Crippen LogP contribution in [0.4, 0.5) is 0 Å². The summed E-state index contributed by atoms with van der Waals surface area (Å²) in [5, 5.41) is 0. The molecule has 0 radical (unpaired) electrons. The van der Waals surface area contributed by atoms with Crippen LogP contribution >= 0.6 is 0 Å². The summed E-state index contributed by atoms with van der Waals surface area (Å²) in [4.78, 5) is 0. The molecule has 4 aliphatic carbocycles. The van der Waals surface area contributed by atoms with E-state index in [0.717, 1.165) is 17.8 Å². The largest absolute Gasteiger partial charge is 0.327 e. The normalized spacial score (nSPS) is 42.5. The molecular formula is C19H25N. The third-order valence-electron chi connectivity index (χ3n) is 6.18. The molecule has 0 heterocycles. The van der Waals surface area contributed by atoms with E-state index in [1.165, 1.54) is 44.1 Å². The standard InChI is InChI=1S/C19H25N/c20-18-17-10-15-9-16(11-17)13-19(18,12-15)8-4-7-14-5-2-1-3-6-14/h1-7,15-18H,8-13,20H2. The van der Waals surface area contributed by atoms with Crippen molar-refractivity contribution >= 4 is 6.08 Å². The smallest absolute Gasteiger partial charge is 0.0127 e. The molecule has 4 aliphatic rings. The van der Waals surface area contributed by atoms with Crippen molar-refractivity contribution in [1.82, 2.24) is 0 Å². The summed E-state index contributed by atoms with van der Waals surface area (Å²) >= 11 is 0. The highest BCUT2D eigenvalue weighted by atomic mass is 14.8. The molecule has 1 heteroatoms. The second-order valence-corrected chi connectivity index (χ2v) is 7.51. The van der Waals surface area contributed by atoms with Crippen LogP contribution in [0.25, 0.3) is 6.08 Å². The second kappa shape index (κ2) is 4.73. The van der Waals surface area contributed by atoms with E-state index in [-0.39, 0.29) is 0 Å². The summed E-state index contributed by atoms with van der Waals surface area (Å²) in [5.41, 5.74) is 8.39. The van der Waals surface area contributed by atoms with Gasteiger partial charge >= 0.3 is 0 Å². The van der Waals surface area contributed by atoms with E-state index in [2.05, 4.69) is 42.5 Å². The predicted molar refractivity (Wildman–Crippen MR) is 84.1 cm³/mol. The fourth-order valence-electron chi connectivity index (χ4n) is 5.54. The molecule has 0 aliphatic heterocycles. The molecule has 0 spiro atoms. The second-order valence-electron chi connectivity index (χ2n) is 7.51. The van der Waals surface area contributed by atoms with E-state index < -0.39 is 0 Å². The first-order valence-corrected chi connectivity index (χ1v) is 8.22. The van der Waals surface area contributed by atoms with Gasteiger partial charge in [-0.15, -0.1) is 0 Å². The number of allylic oxidation sites excluding steroid dienone is 1. The molecule has 2 N–H and O–H groups in total. The van der Waals surface area contributed by atoms with Crippen LogP contribution in [0.2, 0.25) is 0 Å². The summed E-state index contributed by atoms with van der Waals surface area (Å²) in [6, 6.07) is 11.1. The maximum absolute atomic E-state index is 6.65. The van der Waals surface area contributed by atoms with Gasteiger partial charge in [-0.25, -0.2) is 0 Å². The van der Waals surface area contributed by atoms with E-state index in [9.17, 15) is 0 Å². The van der Waals surface area contributed by atoms with Crippen LogP contribution in [-0.4, -0.2) is 6.04 Å². The van der Waals surface area contributed by atoms with Crippen LogP contribution in [0.3, 0.4) is 0 Å². The molecule has 5 rings (SSSR count). The van der Waals surface area contributed by atoms with Crippen molar-refractivity contribution in [2.75, 3.05) is 0 Å². The topological polar surface area (TPSA) is 26.0 Å². The Morgan fingerprint density at radius 2 is 1.75 bits per heavy atom. The SMILES string of the molecule is NC1C2CC3CC(C2)CC1(CC=Cc1ccccc1)C3. The first-order chi connectivity index (χ1) is 9.75. The number of hydrogen-bond acceptors (Lipinski definition) is 1. The van der Waals surface area contributed by atoms with Crippen LogP contribution in [0.1, 0.15) is 44.1 Å². The van der Waals surface area contributed by atoms with Gasteiger partial charge in [0.2, 0.25) is 0 Å². The average molecular weight is 267 g/mol. The van der Waals surface area contributed by atoms with Crippen molar-refractivity contribution in [2.45, 2.75) is 44.6 Å². The fraction of sp³-hybridized carbons (Fsp3) is 0.579. The van der Waals surface area contributed by atoms with Gasteiger partial charge < -0.3 is 5.73 Å². The van der Waals surface area contributed by atoms with Crippen LogP contribution in [0, 0.1) is 23.2 Å². The Hall–Kier alpha value is -1.08. The van der Waals surface area contributed by atoms with E-state index in [1.807, 2.05) is 0 Å². The lowest BCUT2D eigenvalue weighted by Crippen LogP contribution is -2.59. The Labute approximate surface area is 122 Å². The highest BCUT2D eigenvalue weighted by Crippen LogP contribution is 2.60. The quantitative estimate of drug-likeness (QED) is 0.870. The van der Waals surface area contributed by atoms with Crippen molar-refractivity contribution in [1.29, 1.82) is 0 Å². The molecule has 0 amide bonds. The highest BCUT2D eigenvalue weighted by molar-refractivity contribution is 5.48. The average Bonchev–Trinajstić information content (AvgIpc) is 2.45. The minimum absolute atomic E-state index is 0.431. The lowest BCUT2D eigenvalue weighted by Gasteiger charge is -2.60. The molecule has 106 valence electrons. The monoisotopic (exact) mass is 267 g/mol. The summed E-state index contributed by atoms with van der Waals surface area (Å²) in [6.07, 6.45) is 13.0. The van der Waals surface area contributed by atoms with Crippen molar-refractivity contribution in [3.63, 3.8) is 0 Å². The number of rotatable bonds is 3. The van der Waals surface area contributed by atoms with Gasteiger partial charge in [0.05, 0.1) is 0 Å². The molecule has 4 bridgehead atoms. The fourth-order valence-corrected chi connectivity index (χ4v) is 5.54. The minimum Gasteiger partial charge on any atom is -0.327 e. The molecule has 1 aromatic rings. The predicted octanol–water partition coefficient (Wildman–Crippen LogP) is 4.24. The lowest BCUT2D eigenvalue weighted by molar-refractivity contribution is -0.0699. The number of hydrogen-bond donors (Lipinski definition) is 1. The van der Waals surface area contributed by atoms with Crippen LogP contribution in [0.5, 0.6) is 0 Å². The Bertz CT molecular complexity index is 490. The maximum Gasteiger partial charge on any atom is 0.0127 e. The zero-order valence-corrected chi connectivity index (χ0v) is 12.2. The van der Waals surface area contributed by atoms with Crippen molar-refractivity contribution in [3.8, 4) is 0 Å². The van der Waals surface area contributed by atoms with Crippen molar-refractivity contribution in [2.24, 2.45) is 28.9 Å². The van der Waals surface area contributed by atoms with Crippen LogP contribution < -0.4 is 5.73 Å². The van der Waals surface area contributed by atoms with E-state index in [0.29, 0.717) is 11.5 Å². The Kier molecular flexibility index (Phi) is 2.99. The summed E-state index contributed by atoms with van der Waals surface area (Å²) in [5.74, 6) is 2.79. The van der Waals surface area contributed by atoms with Crippen molar-refractivity contribution in [3.05, 3.63) is 42.0 Å². The molecule has 0 saturated heterocycles. The Balaban J connectivity index is 1.51. The van der Waals surface area contributed by atoms with E-state index >= 15 is 0 Å². The van der Waals surface area contributed by atoms with Gasteiger partial charge in [0, 0.05) is 6.04 Å². The van der Waals surface area contributed by atoms with E-state index in [1.54, 1.807) is 0 Å². The molecule has 4 fully saturated rings. The molecule has 1 nitrogen and oxygen atoms in total. The molecule has 0 aromatic heterocycles. The molecule has 3 atom stereocenters. The minimum atomic E-state index is 0.431. The van der Waals surface area contributed by atoms with Crippen molar-refractivity contribution < 1.29 is 0 Å². The summed E-state index contributed by atoms with van der Waals surface area (Å²) in [7, 11) is 0. The Morgan fingerprint density at radius 3 is 2.45 bits per heavy atom. The van der Waals surface area contributed by atoms with Gasteiger partial charge in [0.1, 0.15) is 0 Å². The summed E-state index contributed by atoms with van der Waals surface area (Å²) < 4.78 is 0. The molecule has 1 aromatic carbocycles. The third-order valence-corrected chi connectivity index (χ3v) is 6.18. The van der Waals surface area contributed by atoms with Gasteiger partial charge in [-0.05, 0) is 67.3 Å². The zero-order valence-electron chi connectivity index (χ0n) is 12.2. The first kappa shape index (κ1) is 12.6. The highest BCUT2D eigenvalue weighted by Gasteiger charge is 2.54. The molecule has 20 heavy (non-hydrogen) atoms. The third kappa shape index (κ3) is 2.03. The zero-order chi connectivity index (χ0) is 13.6. The van der Waals surface area contributed by atoms with Gasteiger partial charge in [-0.1, -0.05) is 42.5 Å². The van der Waals surface area contributed by atoms with Gasteiger partial charge in [0.15, 0.2) is 0 Å². The first-order valence-electron chi connectivity index (χ1n) is 8.22. The van der Waals surface area contributed by atoms with Crippen LogP contribution in [-0.2, 0) is 0 Å². The summed E-state index contributed by atoms with van der Waals surface area (Å²) in [6.45, 7) is 0. The number of benzene rings is 1. The van der Waals surface area contributed by atoms with Gasteiger partial charge in [-0.3, -0.25) is 0 Å². The van der Waals surface area contributed by atoms with E-state index in [4.69, 9.17) is 5.73 Å². The molecule has 3 unspecified atom stereocenters. The maximum atomic E-state index is 6.65. The molecule has 4 saturated carbocycles. The lowest BCUT2D eigenvalue weighted by atomic mass is 9.46. The van der Waals surface area contributed by atoms with Gasteiger partial charge in [-0.2, -0.15) is 0 Å². The van der Waals surface area contributed by atoms with Gasteiger partial charge in [0.25, 0.3) is 0 Å². The van der Waals surface area contributed by atoms with Crippen LogP contribution in [0.15, 0.2) is 36.4 Å².